The van der Waals surface area contributed by atoms with Gasteiger partial charge in [0.2, 0.25) is 0 Å². The molecule has 0 aliphatic rings. The lowest BCUT2D eigenvalue weighted by Crippen LogP contribution is -1.97. The average molecular weight is 127 g/mol. The molecule has 0 radical (unpaired) electrons. The van der Waals surface area contributed by atoms with Crippen molar-refractivity contribution in [1.82, 2.24) is 0 Å². The van der Waals surface area contributed by atoms with Gasteiger partial charge in [0.1, 0.15) is 0 Å². The van der Waals surface area contributed by atoms with Gasteiger partial charge in [-0.15, -0.1) is 0 Å². The molecule has 0 rings (SSSR count). The molecule has 0 saturated heterocycles. The number of hydrogen-bond acceptors (Lipinski definition) is 2. The first-order valence-electron chi connectivity index (χ1n) is 3.32. The molecule has 0 aromatic carbocycles. The van der Waals surface area contributed by atoms with Gasteiger partial charge in [-0.05, 0) is 26.2 Å². The zero-order valence-corrected chi connectivity index (χ0v) is 5.80. The minimum atomic E-state index is -0.205. The van der Waals surface area contributed by atoms with Crippen LogP contribution in [0.5, 0.6) is 0 Å². The Bertz CT molecular complexity index is 93.6. The summed E-state index contributed by atoms with van der Waals surface area (Å²) in [6.45, 7) is 1.77. The fourth-order valence-electron chi connectivity index (χ4n) is 0.644. The Morgan fingerprint density at radius 1 is 1.56 bits per heavy atom. The highest BCUT2D eigenvalue weighted by molar-refractivity contribution is 4.68. The Balaban J connectivity index is 2.85. The number of nitriles is 1. The van der Waals surface area contributed by atoms with Crippen molar-refractivity contribution in [3.05, 3.63) is 0 Å². The van der Waals surface area contributed by atoms with E-state index in [-0.39, 0.29) is 6.10 Å². The van der Waals surface area contributed by atoms with Crippen LogP contribution in [0.2, 0.25) is 0 Å². The van der Waals surface area contributed by atoms with Crippen LogP contribution >= 0.6 is 0 Å². The van der Waals surface area contributed by atoms with Gasteiger partial charge in [0, 0.05) is 6.42 Å². The van der Waals surface area contributed by atoms with Crippen LogP contribution in [0.15, 0.2) is 0 Å². The Morgan fingerprint density at radius 3 is 2.67 bits per heavy atom. The van der Waals surface area contributed by atoms with Gasteiger partial charge in [-0.25, -0.2) is 0 Å². The van der Waals surface area contributed by atoms with E-state index in [2.05, 4.69) is 6.07 Å². The summed E-state index contributed by atoms with van der Waals surface area (Å²) < 4.78 is 0. The third-order valence-corrected chi connectivity index (χ3v) is 1.16. The fraction of sp³-hybridized carbons (Fsp3) is 0.857. The Hall–Kier alpha value is -0.550. The first kappa shape index (κ1) is 8.45. The minimum Gasteiger partial charge on any atom is -0.393 e. The second-order valence-electron chi connectivity index (χ2n) is 2.25. The molecule has 2 nitrogen and oxygen atoms in total. The van der Waals surface area contributed by atoms with Crippen molar-refractivity contribution in [2.75, 3.05) is 0 Å². The lowest BCUT2D eigenvalue weighted by molar-refractivity contribution is 0.181. The second kappa shape index (κ2) is 5.58. The first-order chi connectivity index (χ1) is 4.27. The van der Waals surface area contributed by atoms with Gasteiger partial charge in [0.25, 0.3) is 0 Å². The Labute approximate surface area is 56.1 Å². The van der Waals surface area contributed by atoms with Crippen LogP contribution in [-0.4, -0.2) is 11.2 Å². The summed E-state index contributed by atoms with van der Waals surface area (Å²) in [4.78, 5) is 0. The third-order valence-electron chi connectivity index (χ3n) is 1.16. The molecule has 0 heterocycles. The van der Waals surface area contributed by atoms with Crippen LogP contribution in [0.25, 0.3) is 0 Å². The molecular weight excluding hydrogens is 114 g/mol. The van der Waals surface area contributed by atoms with Crippen LogP contribution in [0.1, 0.15) is 32.6 Å². The van der Waals surface area contributed by atoms with Gasteiger partial charge in [-0.1, -0.05) is 0 Å². The molecule has 0 aliphatic carbocycles. The molecule has 0 spiro atoms. The molecule has 52 valence electrons. The van der Waals surface area contributed by atoms with E-state index < -0.39 is 0 Å². The first-order valence-corrected chi connectivity index (χ1v) is 3.32. The van der Waals surface area contributed by atoms with E-state index in [0.29, 0.717) is 6.42 Å². The number of rotatable bonds is 4. The predicted molar refractivity (Wildman–Crippen MR) is 35.8 cm³/mol. The maximum Gasteiger partial charge on any atom is 0.0621 e. The van der Waals surface area contributed by atoms with Crippen LogP contribution in [-0.2, 0) is 0 Å². The van der Waals surface area contributed by atoms with E-state index in [4.69, 9.17) is 10.4 Å². The van der Waals surface area contributed by atoms with Crippen LogP contribution in [0, 0.1) is 11.3 Å². The van der Waals surface area contributed by atoms with Crippen molar-refractivity contribution in [2.45, 2.75) is 38.7 Å². The van der Waals surface area contributed by atoms with E-state index in [0.717, 1.165) is 19.3 Å². The molecule has 0 aliphatic heterocycles. The molecule has 9 heavy (non-hydrogen) atoms. The molecule has 2 heteroatoms. The second-order valence-corrected chi connectivity index (χ2v) is 2.25. The minimum absolute atomic E-state index is 0.205. The van der Waals surface area contributed by atoms with E-state index >= 15 is 0 Å². The smallest absolute Gasteiger partial charge is 0.0621 e. The van der Waals surface area contributed by atoms with Crippen LogP contribution < -0.4 is 0 Å². The van der Waals surface area contributed by atoms with Crippen molar-refractivity contribution < 1.29 is 5.11 Å². The molecule has 0 aromatic rings. The monoisotopic (exact) mass is 127 g/mol. The lowest BCUT2D eigenvalue weighted by Gasteiger charge is -1.99. The van der Waals surface area contributed by atoms with Crippen molar-refractivity contribution in [1.29, 1.82) is 5.26 Å². The van der Waals surface area contributed by atoms with Crippen molar-refractivity contribution >= 4 is 0 Å². The lowest BCUT2D eigenvalue weighted by atomic mass is 10.1. The summed E-state index contributed by atoms with van der Waals surface area (Å²) >= 11 is 0. The normalized spacial score (nSPS) is 12.6. The van der Waals surface area contributed by atoms with Gasteiger partial charge < -0.3 is 5.11 Å². The van der Waals surface area contributed by atoms with Gasteiger partial charge in [-0.2, -0.15) is 5.26 Å². The highest BCUT2D eigenvalue weighted by atomic mass is 16.3. The number of aliphatic hydroxyl groups excluding tert-OH is 1. The van der Waals surface area contributed by atoms with E-state index in [1.54, 1.807) is 6.92 Å². The summed E-state index contributed by atoms with van der Waals surface area (Å²) in [5.41, 5.74) is 0. The maximum atomic E-state index is 8.77. The SMILES string of the molecule is C[C@H](O)CCCCC#N. The van der Waals surface area contributed by atoms with Gasteiger partial charge in [0.15, 0.2) is 0 Å². The fourth-order valence-corrected chi connectivity index (χ4v) is 0.644. The highest BCUT2D eigenvalue weighted by Crippen LogP contribution is 2.01. The predicted octanol–water partition coefficient (Wildman–Crippen LogP) is 1.45. The standard InChI is InChI=1S/C7H13NO/c1-7(9)5-3-2-4-6-8/h7,9H,2-5H2,1H3/t7-/m0/s1. The molecule has 1 N–H and O–H groups in total. The zero-order chi connectivity index (χ0) is 7.11. The molecule has 0 fully saturated rings. The van der Waals surface area contributed by atoms with Crippen molar-refractivity contribution in [3.8, 4) is 6.07 Å². The van der Waals surface area contributed by atoms with Crippen LogP contribution in [0.4, 0.5) is 0 Å². The third kappa shape index (κ3) is 7.45. The van der Waals surface area contributed by atoms with E-state index in [9.17, 15) is 0 Å². The number of nitrogens with zero attached hydrogens (tertiary/aromatic N) is 1. The molecule has 1 atom stereocenters. The van der Waals surface area contributed by atoms with E-state index in [1.807, 2.05) is 0 Å². The molecule has 0 aromatic heterocycles. The quantitative estimate of drug-likeness (QED) is 0.581. The van der Waals surface area contributed by atoms with Crippen molar-refractivity contribution in [3.63, 3.8) is 0 Å². The molecule has 0 bridgehead atoms. The molecule has 0 unspecified atom stereocenters. The largest absolute Gasteiger partial charge is 0.393 e. The van der Waals surface area contributed by atoms with Crippen LogP contribution in [0.3, 0.4) is 0 Å². The molecule has 0 saturated carbocycles. The topological polar surface area (TPSA) is 44.0 Å². The zero-order valence-electron chi connectivity index (χ0n) is 5.80. The highest BCUT2D eigenvalue weighted by Gasteiger charge is 1.93. The summed E-state index contributed by atoms with van der Waals surface area (Å²) in [6.07, 6.45) is 3.12. The molecule has 0 amide bonds. The number of unbranched alkanes of at least 4 members (excludes halogenated alkanes) is 2. The summed E-state index contributed by atoms with van der Waals surface area (Å²) in [5.74, 6) is 0. The maximum absolute atomic E-state index is 8.77. The summed E-state index contributed by atoms with van der Waals surface area (Å²) in [7, 11) is 0. The number of hydrogen-bond donors (Lipinski definition) is 1. The average Bonchev–Trinajstić information content (AvgIpc) is 1.80. The summed E-state index contributed by atoms with van der Waals surface area (Å²) in [5, 5.41) is 16.9. The van der Waals surface area contributed by atoms with Gasteiger partial charge >= 0.3 is 0 Å². The number of aliphatic hydroxyl groups is 1. The van der Waals surface area contributed by atoms with Gasteiger partial charge in [0.05, 0.1) is 12.2 Å². The Morgan fingerprint density at radius 2 is 2.22 bits per heavy atom. The molecular formula is C7H13NO. The summed E-state index contributed by atoms with van der Waals surface area (Å²) in [6, 6.07) is 2.06. The van der Waals surface area contributed by atoms with Gasteiger partial charge in [-0.3, -0.25) is 0 Å². The van der Waals surface area contributed by atoms with E-state index in [1.165, 1.54) is 0 Å². The van der Waals surface area contributed by atoms with Crippen molar-refractivity contribution in [2.24, 2.45) is 0 Å². The Kier molecular flexibility index (Phi) is 5.24.